The number of fused-ring (bicyclic) bond motifs is 2. The maximum atomic E-state index is 13.4. The van der Waals surface area contributed by atoms with Crippen molar-refractivity contribution in [1.82, 2.24) is 9.97 Å². The van der Waals surface area contributed by atoms with Gasteiger partial charge >= 0.3 is 5.97 Å². The number of thiazole rings is 1. The molecule has 2 aromatic carbocycles. The van der Waals surface area contributed by atoms with Gasteiger partial charge in [-0.2, -0.15) is 0 Å². The summed E-state index contributed by atoms with van der Waals surface area (Å²) in [7, 11) is 0. The molecule has 1 atom stereocenters. The Morgan fingerprint density at radius 2 is 1.84 bits per heavy atom. The second-order valence-electron chi connectivity index (χ2n) is 10.8. The lowest BCUT2D eigenvalue weighted by molar-refractivity contribution is -0.119. The van der Waals surface area contributed by atoms with Gasteiger partial charge in [-0.1, -0.05) is 68.8 Å². The van der Waals surface area contributed by atoms with Crippen LogP contribution in [0.4, 0.5) is 5.13 Å². The van der Waals surface area contributed by atoms with Crippen molar-refractivity contribution < 1.29 is 14.3 Å². The minimum atomic E-state index is -0.487. The van der Waals surface area contributed by atoms with Crippen molar-refractivity contribution in [3.8, 4) is 11.3 Å². The molecule has 6 nitrogen and oxygen atoms in total. The van der Waals surface area contributed by atoms with E-state index in [1.807, 2.05) is 60.8 Å². The molecule has 0 saturated carbocycles. The van der Waals surface area contributed by atoms with Gasteiger partial charge in [-0.15, -0.1) is 11.3 Å². The van der Waals surface area contributed by atoms with Crippen molar-refractivity contribution in [3.63, 3.8) is 0 Å². The van der Waals surface area contributed by atoms with Crippen LogP contribution >= 0.6 is 11.3 Å². The first-order chi connectivity index (χ1) is 17.7. The first kappa shape index (κ1) is 25.1. The van der Waals surface area contributed by atoms with E-state index >= 15 is 0 Å². The number of pyridine rings is 1. The molecule has 190 valence electrons. The van der Waals surface area contributed by atoms with Crippen molar-refractivity contribution >= 4 is 39.2 Å². The number of carbonyl (C=O) groups is 2. The Balaban J connectivity index is 1.32. The second-order valence-corrected chi connectivity index (χ2v) is 11.6. The van der Waals surface area contributed by atoms with Crippen molar-refractivity contribution in [1.29, 1.82) is 0 Å². The highest BCUT2D eigenvalue weighted by molar-refractivity contribution is 7.14. The largest absolute Gasteiger partial charge is 0.452 e. The third kappa shape index (κ3) is 5.42. The highest BCUT2D eigenvalue weighted by Crippen LogP contribution is 2.39. The molecule has 0 aliphatic heterocycles. The van der Waals surface area contributed by atoms with Crippen LogP contribution in [-0.2, 0) is 22.4 Å². The van der Waals surface area contributed by atoms with Crippen LogP contribution in [0, 0.1) is 18.3 Å². The molecule has 0 fully saturated rings. The summed E-state index contributed by atoms with van der Waals surface area (Å²) >= 11 is 1.34. The lowest BCUT2D eigenvalue weighted by Gasteiger charge is -2.35. The first-order valence-electron chi connectivity index (χ1n) is 12.6. The van der Waals surface area contributed by atoms with Crippen LogP contribution in [0.1, 0.15) is 54.4 Å². The number of rotatable bonds is 5. The molecule has 37 heavy (non-hydrogen) atoms. The Morgan fingerprint density at radius 1 is 1.08 bits per heavy atom. The van der Waals surface area contributed by atoms with Gasteiger partial charge in [0.2, 0.25) is 0 Å². The molecule has 1 unspecified atom stereocenters. The highest BCUT2D eigenvalue weighted by atomic mass is 32.1. The molecule has 4 aromatic rings. The standard InChI is InChI=1S/C30H31N3O3S/c1-18-9-11-19(12-10-18)25-17-37-29(32-25)33-26(34)16-36-28(35)27-21-7-5-6-8-23(21)31-24-14-13-20(15-22(24)27)30(2,3)4/h5-12,17,20H,13-16H2,1-4H3,(H,32,33,34). The summed E-state index contributed by atoms with van der Waals surface area (Å²) in [5, 5.41) is 5.89. The molecule has 0 saturated heterocycles. The van der Waals surface area contributed by atoms with Crippen molar-refractivity contribution in [2.45, 2.75) is 47.0 Å². The van der Waals surface area contributed by atoms with Crippen LogP contribution < -0.4 is 5.32 Å². The number of amides is 1. The van der Waals surface area contributed by atoms with Crippen molar-refractivity contribution in [2.24, 2.45) is 11.3 Å². The Bertz CT molecular complexity index is 1470. The number of para-hydroxylation sites is 1. The molecule has 2 heterocycles. The number of aryl methyl sites for hydroxylation is 2. The fraction of sp³-hybridized carbons (Fsp3) is 0.333. The zero-order valence-electron chi connectivity index (χ0n) is 21.6. The number of anilines is 1. The van der Waals surface area contributed by atoms with E-state index in [0.29, 0.717) is 16.6 Å². The predicted octanol–water partition coefficient (Wildman–Crippen LogP) is 6.61. The van der Waals surface area contributed by atoms with Crippen molar-refractivity contribution in [3.05, 3.63) is 76.3 Å². The second kappa shape index (κ2) is 10.1. The quantitative estimate of drug-likeness (QED) is 0.304. The smallest absolute Gasteiger partial charge is 0.339 e. The molecule has 1 aliphatic rings. The van der Waals surface area contributed by atoms with Crippen LogP contribution in [0.15, 0.2) is 53.9 Å². The molecule has 0 spiro atoms. The molecule has 1 N–H and O–H groups in total. The third-order valence-electron chi connectivity index (χ3n) is 7.12. The van der Waals surface area contributed by atoms with Crippen molar-refractivity contribution in [2.75, 3.05) is 11.9 Å². The van der Waals surface area contributed by atoms with E-state index in [9.17, 15) is 9.59 Å². The molecule has 0 bridgehead atoms. The topological polar surface area (TPSA) is 81.2 Å². The van der Waals surface area contributed by atoms with E-state index in [0.717, 1.165) is 52.7 Å². The van der Waals surface area contributed by atoms with Gasteiger partial charge in [0.1, 0.15) is 0 Å². The van der Waals surface area contributed by atoms with E-state index in [-0.39, 0.29) is 12.0 Å². The normalized spacial score (nSPS) is 15.3. The van der Waals surface area contributed by atoms with E-state index in [2.05, 4.69) is 31.1 Å². The Kier molecular flexibility index (Phi) is 6.82. The third-order valence-corrected chi connectivity index (χ3v) is 7.88. The van der Waals surface area contributed by atoms with E-state index < -0.39 is 11.9 Å². The molecule has 5 rings (SSSR count). The number of nitrogens with one attached hydrogen (secondary N) is 1. The molecular formula is C30H31N3O3S. The van der Waals surface area contributed by atoms with Crippen LogP contribution in [-0.4, -0.2) is 28.5 Å². The van der Waals surface area contributed by atoms with Crippen LogP contribution in [0.25, 0.3) is 22.2 Å². The van der Waals surface area contributed by atoms with Gasteiger partial charge in [-0.25, -0.2) is 9.78 Å². The van der Waals surface area contributed by atoms with Gasteiger partial charge < -0.3 is 4.74 Å². The molecule has 2 aromatic heterocycles. The average molecular weight is 514 g/mol. The molecule has 0 radical (unpaired) electrons. The van der Waals surface area contributed by atoms with Crippen LogP contribution in [0.5, 0.6) is 0 Å². The zero-order valence-corrected chi connectivity index (χ0v) is 22.4. The molecule has 7 heteroatoms. The zero-order chi connectivity index (χ0) is 26.2. The summed E-state index contributed by atoms with van der Waals surface area (Å²) in [6.45, 7) is 8.37. The molecular weight excluding hydrogens is 482 g/mol. The van der Waals surface area contributed by atoms with E-state index in [1.165, 1.54) is 16.9 Å². The van der Waals surface area contributed by atoms with Gasteiger partial charge in [-0.05, 0) is 49.1 Å². The number of carbonyl (C=O) groups excluding carboxylic acids is 2. The van der Waals surface area contributed by atoms with E-state index in [1.54, 1.807) is 0 Å². The Morgan fingerprint density at radius 3 is 2.59 bits per heavy atom. The minimum Gasteiger partial charge on any atom is -0.452 e. The fourth-order valence-electron chi connectivity index (χ4n) is 4.91. The van der Waals surface area contributed by atoms with Gasteiger partial charge in [0, 0.05) is 22.0 Å². The Labute approximate surface area is 221 Å². The number of aromatic nitrogens is 2. The summed E-state index contributed by atoms with van der Waals surface area (Å²) in [5.74, 6) is -0.470. The first-order valence-corrected chi connectivity index (χ1v) is 13.5. The molecule has 1 amide bonds. The maximum Gasteiger partial charge on any atom is 0.339 e. The maximum absolute atomic E-state index is 13.4. The van der Waals surface area contributed by atoms with Gasteiger partial charge in [0.05, 0.1) is 16.8 Å². The highest BCUT2D eigenvalue weighted by Gasteiger charge is 2.33. The predicted molar refractivity (Wildman–Crippen MR) is 148 cm³/mol. The number of esters is 1. The summed E-state index contributed by atoms with van der Waals surface area (Å²) in [5.41, 5.74) is 6.30. The van der Waals surface area contributed by atoms with Gasteiger partial charge in [0.15, 0.2) is 11.7 Å². The summed E-state index contributed by atoms with van der Waals surface area (Å²) in [6, 6.07) is 15.7. The number of nitrogens with zero attached hydrogens (tertiary/aromatic N) is 2. The number of hydrogen-bond acceptors (Lipinski definition) is 6. The average Bonchev–Trinajstić information content (AvgIpc) is 3.33. The van der Waals surface area contributed by atoms with E-state index in [4.69, 9.17) is 9.72 Å². The number of benzene rings is 2. The SMILES string of the molecule is Cc1ccc(-c2csc(NC(=O)COC(=O)c3c4c(nc5ccccc35)CCC(C(C)(C)C)C4)n2)cc1. The lowest BCUT2D eigenvalue weighted by atomic mass is 9.70. The Hall–Kier alpha value is -3.58. The summed E-state index contributed by atoms with van der Waals surface area (Å²) < 4.78 is 5.56. The van der Waals surface area contributed by atoms with Crippen LogP contribution in [0.3, 0.4) is 0 Å². The summed E-state index contributed by atoms with van der Waals surface area (Å²) in [6.07, 6.45) is 2.64. The number of ether oxygens (including phenoxy) is 1. The van der Waals surface area contributed by atoms with Crippen LogP contribution in [0.2, 0.25) is 0 Å². The number of hydrogen-bond donors (Lipinski definition) is 1. The minimum absolute atomic E-state index is 0.121. The fourth-order valence-corrected chi connectivity index (χ4v) is 5.64. The lowest BCUT2D eigenvalue weighted by Crippen LogP contribution is -2.29. The van der Waals surface area contributed by atoms with Gasteiger partial charge in [-0.3, -0.25) is 15.1 Å². The monoisotopic (exact) mass is 513 g/mol. The molecule has 1 aliphatic carbocycles. The summed E-state index contributed by atoms with van der Waals surface area (Å²) in [4.78, 5) is 35.4. The van der Waals surface area contributed by atoms with Gasteiger partial charge in [0.25, 0.3) is 5.91 Å².